The SMILES string of the molecule is NCC(=O)NCC(O)c1cc(Cl)c2c(c1)OCCO2. The van der Waals surface area contributed by atoms with Crippen LogP contribution in [-0.2, 0) is 4.79 Å². The van der Waals surface area contributed by atoms with E-state index < -0.39 is 6.10 Å². The Morgan fingerprint density at radius 2 is 2.21 bits per heavy atom. The average molecular weight is 287 g/mol. The van der Waals surface area contributed by atoms with E-state index in [0.717, 1.165) is 0 Å². The number of nitrogens with one attached hydrogen (secondary N) is 1. The fourth-order valence-corrected chi connectivity index (χ4v) is 2.00. The summed E-state index contributed by atoms with van der Waals surface area (Å²) in [5.41, 5.74) is 5.71. The van der Waals surface area contributed by atoms with Crippen molar-refractivity contribution < 1.29 is 19.4 Å². The van der Waals surface area contributed by atoms with Crippen molar-refractivity contribution in [3.8, 4) is 11.5 Å². The molecule has 0 bridgehead atoms. The topological polar surface area (TPSA) is 93.8 Å². The van der Waals surface area contributed by atoms with Crippen LogP contribution < -0.4 is 20.5 Å². The Morgan fingerprint density at radius 3 is 2.95 bits per heavy atom. The lowest BCUT2D eigenvalue weighted by Gasteiger charge is -2.21. The number of fused-ring (bicyclic) bond motifs is 1. The molecule has 0 radical (unpaired) electrons. The third-order valence-corrected chi connectivity index (χ3v) is 2.96. The Balaban J connectivity index is 2.11. The Hall–Kier alpha value is -1.50. The minimum Gasteiger partial charge on any atom is -0.486 e. The second-order valence-corrected chi connectivity index (χ2v) is 4.46. The van der Waals surface area contributed by atoms with Crippen molar-refractivity contribution in [3.05, 3.63) is 22.7 Å². The molecular formula is C12H15ClN2O4. The molecule has 104 valence electrons. The zero-order chi connectivity index (χ0) is 13.8. The summed E-state index contributed by atoms with van der Waals surface area (Å²) in [5.74, 6) is 0.649. The van der Waals surface area contributed by atoms with Gasteiger partial charge in [-0.2, -0.15) is 0 Å². The van der Waals surface area contributed by atoms with Gasteiger partial charge in [-0.1, -0.05) is 11.6 Å². The number of ether oxygens (including phenoxy) is 2. The molecule has 19 heavy (non-hydrogen) atoms. The fraction of sp³-hybridized carbons (Fsp3) is 0.417. The van der Waals surface area contributed by atoms with Crippen molar-refractivity contribution >= 4 is 17.5 Å². The monoisotopic (exact) mass is 286 g/mol. The Bertz CT molecular complexity index is 481. The number of hydrogen-bond acceptors (Lipinski definition) is 5. The molecule has 0 saturated heterocycles. The summed E-state index contributed by atoms with van der Waals surface area (Å²) in [5, 5.41) is 12.9. The van der Waals surface area contributed by atoms with Crippen LogP contribution in [0.5, 0.6) is 11.5 Å². The Morgan fingerprint density at radius 1 is 1.47 bits per heavy atom. The second kappa shape index (κ2) is 6.10. The van der Waals surface area contributed by atoms with E-state index in [0.29, 0.717) is 35.3 Å². The van der Waals surface area contributed by atoms with Gasteiger partial charge in [-0.15, -0.1) is 0 Å². The first-order chi connectivity index (χ1) is 9.11. The van der Waals surface area contributed by atoms with E-state index in [1.54, 1.807) is 12.1 Å². The van der Waals surface area contributed by atoms with E-state index in [9.17, 15) is 9.90 Å². The number of hydrogen-bond donors (Lipinski definition) is 3. The molecule has 1 aromatic rings. The second-order valence-electron chi connectivity index (χ2n) is 4.05. The fourth-order valence-electron chi connectivity index (χ4n) is 1.72. The zero-order valence-electron chi connectivity index (χ0n) is 10.2. The quantitative estimate of drug-likeness (QED) is 0.736. The molecule has 1 aliphatic rings. The number of carbonyl (C=O) groups is 1. The van der Waals surface area contributed by atoms with Crippen LogP contribution in [0.15, 0.2) is 12.1 Å². The minimum atomic E-state index is -0.885. The highest BCUT2D eigenvalue weighted by molar-refractivity contribution is 6.32. The Kier molecular flexibility index (Phi) is 4.47. The number of aliphatic hydroxyl groups excluding tert-OH is 1. The Labute approximate surface area is 115 Å². The summed E-state index contributed by atoms with van der Waals surface area (Å²) in [6.07, 6.45) is -0.885. The molecule has 0 saturated carbocycles. The minimum absolute atomic E-state index is 0.0615. The highest BCUT2D eigenvalue weighted by atomic mass is 35.5. The van der Waals surface area contributed by atoms with Crippen molar-refractivity contribution in [3.63, 3.8) is 0 Å². The van der Waals surface area contributed by atoms with Crippen LogP contribution in [0.25, 0.3) is 0 Å². The number of halogens is 1. The molecule has 6 nitrogen and oxygen atoms in total. The van der Waals surface area contributed by atoms with Gasteiger partial charge in [0, 0.05) is 6.54 Å². The number of carbonyl (C=O) groups excluding carboxylic acids is 1. The van der Waals surface area contributed by atoms with Gasteiger partial charge < -0.3 is 25.6 Å². The molecule has 1 aliphatic heterocycles. The number of amides is 1. The van der Waals surface area contributed by atoms with E-state index in [4.69, 9.17) is 26.8 Å². The van der Waals surface area contributed by atoms with Gasteiger partial charge in [0.1, 0.15) is 13.2 Å². The maximum absolute atomic E-state index is 11.0. The molecule has 1 atom stereocenters. The van der Waals surface area contributed by atoms with Gasteiger partial charge in [-0.3, -0.25) is 4.79 Å². The van der Waals surface area contributed by atoms with Crippen molar-refractivity contribution in [2.24, 2.45) is 5.73 Å². The molecule has 0 aliphatic carbocycles. The number of benzene rings is 1. The highest BCUT2D eigenvalue weighted by Gasteiger charge is 2.19. The standard InChI is InChI=1S/C12H15ClN2O4/c13-8-3-7(9(16)6-15-11(17)5-14)4-10-12(8)19-2-1-18-10/h3-4,9,16H,1-2,5-6,14H2,(H,15,17). The summed E-state index contributed by atoms with van der Waals surface area (Å²) in [6.45, 7) is 0.828. The average Bonchev–Trinajstić information content (AvgIpc) is 2.44. The number of rotatable bonds is 4. The van der Waals surface area contributed by atoms with Crippen LogP contribution in [0.2, 0.25) is 5.02 Å². The summed E-state index contributed by atoms with van der Waals surface area (Å²) in [7, 11) is 0. The first kappa shape index (κ1) is 13.9. The van der Waals surface area contributed by atoms with Crippen molar-refractivity contribution in [2.45, 2.75) is 6.10 Å². The molecule has 7 heteroatoms. The molecule has 4 N–H and O–H groups in total. The number of aliphatic hydroxyl groups is 1. The summed E-state index contributed by atoms with van der Waals surface area (Å²) in [6, 6.07) is 3.24. The van der Waals surface area contributed by atoms with Gasteiger partial charge in [0.25, 0.3) is 0 Å². The highest BCUT2D eigenvalue weighted by Crippen LogP contribution is 2.39. The molecule has 0 spiro atoms. The van der Waals surface area contributed by atoms with E-state index >= 15 is 0 Å². The predicted molar refractivity (Wildman–Crippen MR) is 69.5 cm³/mol. The smallest absolute Gasteiger partial charge is 0.233 e. The first-order valence-electron chi connectivity index (χ1n) is 5.85. The van der Waals surface area contributed by atoms with Crippen LogP contribution in [0.1, 0.15) is 11.7 Å². The molecule has 1 aromatic carbocycles. The van der Waals surface area contributed by atoms with E-state index in [1.165, 1.54) is 0 Å². The third-order valence-electron chi connectivity index (χ3n) is 2.68. The molecule has 2 rings (SSSR count). The van der Waals surface area contributed by atoms with Crippen LogP contribution in [0.4, 0.5) is 0 Å². The van der Waals surface area contributed by atoms with Gasteiger partial charge in [-0.05, 0) is 17.7 Å². The maximum atomic E-state index is 11.0. The van der Waals surface area contributed by atoms with Crippen LogP contribution in [-0.4, -0.2) is 37.3 Å². The van der Waals surface area contributed by atoms with Crippen LogP contribution in [0.3, 0.4) is 0 Å². The summed E-state index contributed by atoms with van der Waals surface area (Å²) < 4.78 is 10.8. The molecule has 0 fully saturated rings. The molecule has 0 aromatic heterocycles. The molecule has 1 amide bonds. The normalized spacial score (nSPS) is 14.9. The van der Waals surface area contributed by atoms with E-state index in [1.807, 2.05) is 0 Å². The maximum Gasteiger partial charge on any atom is 0.233 e. The molecular weight excluding hydrogens is 272 g/mol. The predicted octanol–water partition coefficient (Wildman–Crippen LogP) is 0.220. The first-order valence-corrected chi connectivity index (χ1v) is 6.23. The van der Waals surface area contributed by atoms with Crippen molar-refractivity contribution in [1.82, 2.24) is 5.32 Å². The summed E-state index contributed by atoms with van der Waals surface area (Å²) in [4.78, 5) is 11.0. The van der Waals surface area contributed by atoms with Gasteiger partial charge in [0.15, 0.2) is 11.5 Å². The van der Waals surface area contributed by atoms with Gasteiger partial charge in [-0.25, -0.2) is 0 Å². The van der Waals surface area contributed by atoms with Crippen molar-refractivity contribution in [2.75, 3.05) is 26.3 Å². The largest absolute Gasteiger partial charge is 0.486 e. The summed E-state index contributed by atoms with van der Waals surface area (Å²) >= 11 is 6.06. The zero-order valence-corrected chi connectivity index (χ0v) is 10.9. The number of nitrogens with two attached hydrogens (primary N) is 1. The lowest BCUT2D eigenvalue weighted by Crippen LogP contribution is -2.33. The lowest BCUT2D eigenvalue weighted by atomic mass is 10.1. The molecule has 1 heterocycles. The van der Waals surface area contributed by atoms with Crippen LogP contribution >= 0.6 is 11.6 Å². The van der Waals surface area contributed by atoms with E-state index in [2.05, 4.69) is 5.32 Å². The van der Waals surface area contributed by atoms with Crippen LogP contribution in [0, 0.1) is 0 Å². The van der Waals surface area contributed by atoms with Gasteiger partial charge in [0.05, 0.1) is 17.7 Å². The lowest BCUT2D eigenvalue weighted by molar-refractivity contribution is -0.120. The van der Waals surface area contributed by atoms with Gasteiger partial charge in [0.2, 0.25) is 5.91 Å². The van der Waals surface area contributed by atoms with E-state index in [-0.39, 0.29) is 19.0 Å². The molecule has 1 unspecified atom stereocenters. The van der Waals surface area contributed by atoms with Gasteiger partial charge >= 0.3 is 0 Å². The third kappa shape index (κ3) is 3.28. The van der Waals surface area contributed by atoms with Crippen molar-refractivity contribution in [1.29, 1.82) is 0 Å².